The molecule has 9 nitrogen and oxygen atoms in total. The van der Waals surface area contributed by atoms with Gasteiger partial charge in [0.25, 0.3) is 0 Å². The molecule has 2 aliphatic carbocycles. The highest BCUT2D eigenvalue weighted by molar-refractivity contribution is 5.88. The van der Waals surface area contributed by atoms with E-state index in [9.17, 15) is 24.3 Å². The van der Waals surface area contributed by atoms with Crippen LogP contribution in [0.2, 0.25) is 0 Å². The lowest BCUT2D eigenvalue weighted by Gasteiger charge is -2.20. The van der Waals surface area contributed by atoms with E-state index in [0.29, 0.717) is 19.5 Å². The van der Waals surface area contributed by atoms with Crippen LogP contribution in [0.5, 0.6) is 0 Å². The second kappa shape index (κ2) is 16.2. The molecule has 1 saturated heterocycles. The van der Waals surface area contributed by atoms with Gasteiger partial charge in [-0.3, -0.25) is 19.2 Å². The van der Waals surface area contributed by atoms with E-state index in [1.807, 2.05) is 12.2 Å². The summed E-state index contributed by atoms with van der Waals surface area (Å²) in [6.07, 6.45) is 13.1. The fourth-order valence-corrected chi connectivity index (χ4v) is 5.33. The quantitative estimate of drug-likeness (QED) is 0.148. The Labute approximate surface area is 220 Å². The van der Waals surface area contributed by atoms with Crippen LogP contribution in [0.3, 0.4) is 0 Å². The van der Waals surface area contributed by atoms with E-state index >= 15 is 0 Å². The molecule has 6 atom stereocenters. The molecule has 1 aliphatic heterocycles. The summed E-state index contributed by atoms with van der Waals surface area (Å²) in [4.78, 5) is 46.2. The predicted octanol–water partition coefficient (Wildman–Crippen LogP) is 3.12. The van der Waals surface area contributed by atoms with E-state index in [2.05, 4.69) is 23.8 Å². The molecule has 0 aromatic heterocycles. The average molecular weight is 521 g/mol. The van der Waals surface area contributed by atoms with Crippen LogP contribution in [0, 0.1) is 23.7 Å². The summed E-state index contributed by atoms with van der Waals surface area (Å²) in [5.74, 6) is -3.08. The van der Waals surface area contributed by atoms with E-state index in [1.54, 1.807) is 0 Å². The first-order valence-corrected chi connectivity index (χ1v) is 13.7. The number of carboxylic acid groups (broad SMARTS) is 1. The van der Waals surface area contributed by atoms with Crippen LogP contribution in [0.4, 0.5) is 0 Å². The molecule has 1 heterocycles. The van der Waals surface area contributed by atoms with Crippen molar-refractivity contribution in [1.29, 1.82) is 0 Å². The number of carbonyl (C=O) groups excluding carboxylic acids is 3. The highest BCUT2D eigenvalue weighted by Gasteiger charge is 2.50. The first-order chi connectivity index (χ1) is 17.8. The Morgan fingerprint density at radius 1 is 0.811 bits per heavy atom. The van der Waals surface area contributed by atoms with Crippen LogP contribution >= 0.6 is 0 Å². The summed E-state index contributed by atoms with van der Waals surface area (Å²) >= 11 is 0. The second-order valence-corrected chi connectivity index (χ2v) is 10.3. The van der Waals surface area contributed by atoms with Gasteiger partial charge in [-0.1, -0.05) is 25.0 Å². The van der Waals surface area contributed by atoms with Crippen LogP contribution in [0.25, 0.3) is 0 Å². The number of nitrogens with one attached hydrogen (secondary N) is 2. The number of fused-ring (bicyclic) bond motifs is 2. The minimum absolute atomic E-state index is 0.00848. The number of allylic oxidation sites excluding steroid dienone is 2. The Hall–Kier alpha value is -2.68. The Morgan fingerprint density at radius 3 is 1.84 bits per heavy atom. The van der Waals surface area contributed by atoms with Crippen LogP contribution in [0.15, 0.2) is 25.3 Å². The van der Waals surface area contributed by atoms with Crippen molar-refractivity contribution in [3.8, 4) is 0 Å². The summed E-state index contributed by atoms with van der Waals surface area (Å²) in [6, 6.07) is 0. The zero-order valence-electron chi connectivity index (χ0n) is 21.9. The molecule has 3 rings (SSSR count). The minimum Gasteiger partial charge on any atom is -0.481 e. The lowest BCUT2D eigenvalue weighted by molar-refractivity contribution is -0.153. The number of carboxylic acids is 1. The molecule has 2 saturated carbocycles. The average Bonchev–Trinajstić information content (AvgIpc) is 3.57. The molecule has 0 aromatic rings. The van der Waals surface area contributed by atoms with E-state index in [0.717, 1.165) is 57.8 Å². The van der Waals surface area contributed by atoms with Crippen molar-refractivity contribution in [2.75, 3.05) is 13.1 Å². The SMILES string of the molecule is C=CCCCCCNC(=O)C1CC2CC1C(=O)O2.C=CCCCCCNC(=O)[C@@H]1C[C@@H](O)C[C@H]1C(=O)O. The van der Waals surface area contributed by atoms with Crippen molar-refractivity contribution in [2.45, 2.75) is 89.3 Å². The van der Waals surface area contributed by atoms with Gasteiger partial charge in [-0.15, -0.1) is 13.2 Å². The number of rotatable bonds is 15. The number of hydrogen-bond acceptors (Lipinski definition) is 6. The molecular weight excluding hydrogens is 476 g/mol. The van der Waals surface area contributed by atoms with Crippen LogP contribution < -0.4 is 10.6 Å². The fraction of sp³-hybridized carbons (Fsp3) is 0.714. The molecule has 37 heavy (non-hydrogen) atoms. The molecule has 0 radical (unpaired) electrons. The van der Waals surface area contributed by atoms with Crippen LogP contribution in [-0.4, -0.2) is 59.3 Å². The zero-order chi connectivity index (χ0) is 27.2. The summed E-state index contributed by atoms with van der Waals surface area (Å²) in [5.41, 5.74) is 0. The van der Waals surface area contributed by atoms with Gasteiger partial charge >= 0.3 is 11.9 Å². The molecule has 0 spiro atoms. The minimum atomic E-state index is -0.998. The molecule has 208 valence electrons. The molecule has 9 heteroatoms. The number of hydrogen-bond donors (Lipinski definition) is 4. The predicted molar refractivity (Wildman–Crippen MR) is 139 cm³/mol. The van der Waals surface area contributed by atoms with Gasteiger partial charge in [0.2, 0.25) is 11.8 Å². The third-order valence-electron chi connectivity index (χ3n) is 7.40. The van der Waals surface area contributed by atoms with Crippen molar-refractivity contribution in [2.24, 2.45) is 23.7 Å². The number of aliphatic hydroxyl groups is 1. The van der Waals surface area contributed by atoms with E-state index in [1.165, 1.54) is 0 Å². The number of esters is 1. The Kier molecular flexibility index (Phi) is 13.4. The third kappa shape index (κ3) is 9.95. The second-order valence-electron chi connectivity index (χ2n) is 10.3. The first kappa shape index (κ1) is 30.5. The van der Waals surface area contributed by atoms with Crippen molar-refractivity contribution in [3.05, 3.63) is 25.3 Å². The molecule has 3 fully saturated rings. The van der Waals surface area contributed by atoms with Crippen molar-refractivity contribution < 1.29 is 34.1 Å². The molecule has 2 amide bonds. The maximum absolute atomic E-state index is 11.9. The molecule has 2 bridgehead atoms. The van der Waals surface area contributed by atoms with Gasteiger partial charge in [-0.25, -0.2) is 0 Å². The molecule has 3 aliphatic rings. The summed E-state index contributed by atoms with van der Waals surface area (Å²) in [6.45, 7) is 8.59. The number of amides is 2. The molecule has 0 aromatic carbocycles. The van der Waals surface area contributed by atoms with Crippen molar-refractivity contribution >= 4 is 23.8 Å². The third-order valence-corrected chi connectivity index (χ3v) is 7.40. The smallest absolute Gasteiger partial charge is 0.310 e. The summed E-state index contributed by atoms with van der Waals surface area (Å²) in [5, 5.41) is 24.2. The van der Waals surface area contributed by atoms with Gasteiger partial charge in [-0.2, -0.15) is 0 Å². The standard InChI is InChI=1S/C14H23NO4.C14H21NO3/c1-2-3-4-5-6-7-15-13(17)11-8-10(16)9-12(11)14(18)19;1-2-3-4-5-6-7-15-13(16)11-8-10-9-12(11)14(17)18-10/h2,10-12,16H,1,3-9H2,(H,15,17)(H,18,19);2,10-12H,1,3-9H2,(H,15,16)/t10-,11-,12-;/m1./s1. The largest absolute Gasteiger partial charge is 0.481 e. The zero-order valence-corrected chi connectivity index (χ0v) is 21.9. The lowest BCUT2D eigenvalue weighted by Crippen LogP contribution is -2.37. The fourth-order valence-electron chi connectivity index (χ4n) is 5.33. The normalized spacial score (nSPS) is 27.5. The molecular formula is C28H44N2O7. The van der Waals surface area contributed by atoms with Gasteiger partial charge in [0.1, 0.15) is 6.10 Å². The lowest BCUT2D eigenvalue weighted by atomic mass is 9.95. The molecule has 3 unspecified atom stereocenters. The van der Waals surface area contributed by atoms with Crippen molar-refractivity contribution in [3.63, 3.8) is 0 Å². The number of aliphatic hydroxyl groups excluding tert-OH is 1. The van der Waals surface area contributed by atoms with Gasteiger partial charge in [0, 0.05) is 13.1 Å². The maximum Gasteiger partial charge on any atom is 0.310 e. The number of unbranched alkanes of at least 4 members (excludes halogenated alkanes) is 6. The monoisotopic (exact) mass is 520 g/mol. The Bertz CT molecular complexity index is 799. The van der Waals surface area contributed by atoms with Crippen LogP contribution in [0.1, 0.15) is 77.0 Å². The van der Waals surface area contributed by atoms with Crippen LogP contribution in [-0.2, 0) is 23.9 Å². The number of carbonyl (C=O) groups is 4. The van der Waals surface area contributed by atoms with Gasteiger partial charge in [0.05, 0.1) is 29.8 Å². The van der Waals surface area contributed by atoms with Gasteiger partial charge < -0.3 is 25.6 Å². The van der Waals surface area contributed by atoms with E-state index in [-0.39, 0.29) is 48.6 Å². The van der Waals surface area contributed by atoms with Gasteiger partial charge in [0.15, 0.2) is 0 Å². The Balaban J connectivity index is 0.000000260. The number of ether oxygens (including phenoxy) is 1. The molecule has 4 N–H and O–H groups in total. The number of aliphatic carboxylic acids is 1. The maximum atomic E-state index is 11.9. The highest BCUT2D eigenvalue weighted by atomic mass is 16.6. The van der Waals surface area contributed by atoms with E-state index in [4.69, 9.17) is 9.84 Å². The van der Waals surface area contributed by atoms with Gasteiger partial charge in [-0.05, 0) is 64.2 Å². The van der Waals surface area contributed by atoms with E-state index < -0.39 is 23.9 Å². The van der Waals surface area contributed by atoms with Crippen molar-refractivity contribution in [1.82, 2.24) is 10.6 Å². The summed E-state index contributed by atoms with van der Waals surface area (Å²) in [7, 11) is 0. The highest BCUT2D eigenvalue weighted by Crippen LogP contribution is 2.41. The Morgan fingerprint density at radius 2 is 1.35 bits per heavy atom. The summed E-state index contributed by atoms with van der Waals surface area (Å²) < 4.78 is 5.08. The topological polar surface area (TPSA) is 142 Å². The first-order valence-electron chi connectivity index (χ1n) is 13.7.